The summed E-state index contributed by atoms with van der Waals surface area (Å²) in [6.07, 6.45) is 0.391. The Morgan fingerprint density at radius 3 is 2.69 bits per heavy atom. The maximum atomic E-state index is 10.9. The minimum atomic E-state index is -1.59. The molecule has 0 saturated carbocycles. The smallest absolute Gasteiger partial charge is 0.305 e. The SMILES string of the molecule is O=S1COC(CC2COS(=O)O2)C1. The fraction of sp³-hybridized carbons (Fsp3) is 1.00. The molecule has 0 radical (unpaired) electrons. The van der Waals surface area contributed by atoms with Crippen molar-refractivity contribution in [3.8, 4) is 0 Å². The molecule has 2 saturated heterocycles. The van der Waals surface area contributed by atoms with Gasteiger partial charge in [-0.25, -0.2) is 0 Å². The summed E-state index contributed by atoms with van der Waals surface area (Å²) in [4.78, 5) is 0. The molecule has 2 fully saturated rings. The molecule has 2 aliphatic heterocycles. The molecule has 0 N–H and O–H groups in total. The van der Waals surface area contributed by atoms with E-state index < -0.39 is 22.2 Å². The van der Waals surface area contributed by atoms with Gasteiger partial charge in [-0.1, -0.05) is 0 Å². The van der Waals surface area contributed by atoms with Gasteiger partial charge in [0.15, 0.2) is 0 Å². The predicted molar refractivity (Wildman–Crippen MR) is 46.3 cm³/mol. The van der Waals surface area contributed by atoms with E-state index in [1.807, 2.05) is 0 Å². The Kier molecular flexibility index (Phi) is 3.10. The lowest BCUT2D eigenvalue weighted by atomic mass is 10.2. The fourth-order valence-electron chi connectivity index (χ4n) is 1.31. The molecule has 4 atom stereocenters. The van der Waals surface area contributed by atoms with Gasteiger partial charge in [0.05, 0.1) is 18.5 Å². The molecule has 2 rings (SSSR count). The van der Waals surface area contributed by atoms with Crippen LogP contribution >= 0.6 is 0 Å². The average molecular weight is 226 g/mol. The first-order valence-electron chi connectivity index (χ1n) is 3.93. The molecular formula is C6H10O5S2. The topological polar surface area (TPSA) is 61.8 Å². The molecule has 76 valence electrons. The Labute approximate surface area is 81.1 Å². The van der Waals surface area contributed by atoms with Gasteiger partial charge in [0.25, 0.3) is 0 Å². The first-order chi connectivity index (χ1) is 6.24. The lowest BCUT2D eigenvalue weighted by molar-refractivity contribution is 0.0792. The van der Waals surface area contributed by atoms with E-state index in [4.69, 9.17) is 13.1 Å². The molecule has 0 amide bonds. The summed E-state index contributed by atoms with van der Waals surface area (Å²) in [5.74, 6) is 0.855. The van der Waals surface area contributed by atoms with Crippen LogP contribution in [-0.2, 0) is 35.3 Å². The third kappa shape index (κ3) is 2.57. The Hall–Kier alpha value is 0.180. The lowest BCUT2D eigenvalue weighted by Gasteiger charge is -2.10. The maximum Gasteiger partial charge on any atom is 0.305 e. The van der Waals surface area contributed by atoms with Crippen molar-refractivity contribution in [2.45, 2.75) is 18.6 Å². The highest BCUT2D eigenvalue weighted by atomic mass is 32.2. The average Bonchev–Trinajstić information content (AvgIpc) is 2.62. The zero-order valence-corrected chi connectivity index (χ0v) is 8.47. The van der Waals surface area contributed by atoms with Crippen molar-refractivity contribution in [1.29, 1.82) is 0 Å². The monoisotopic (exact) mass is 226 g/mol. The minimum absolute atomic E-state index is 0.0375. The standard InChI is InChI=1S/C6H10O5S2/c7-12-3-6(9-4-12)1-5-2-10-13(8)11-5/h5-6H,1-4H2. The van der Waals surface area contributed by atoms with Crippen molar-refractivity contribution in [3.05, 3.63) is 0 Å². The van der Waals surface area contributed by atoms with Crippen LogP contribution in [0.1, 0.15) is 6.42 Å². The third-order valence-corrected chi connectivity index (χ3v) is 3.80. The van der Waals surface area contributed by atoms with Gasteiger partial charge < -0.3 is 4.74 Å². The first-order valence-corrected chi connectivity index (χ1v) is 6.41. The summed E-state index contributed by atoms with van der Waals surface area (Å²) < 4.78 is 36.5. The molecule has 7 heteroatoms. The van der Waals surface area contributed by atoms with E-state index in [0.29, 0.717) is 24.7 Å². The molecule has 13 heavy (non-hydrogen) atoms. The lowest BCUT2D eigenvalue weighted by Crippen LogP contribution is -2.21. The van der Waals surface area contributed by atoms with Crippen LogP contribution in [0.2, 0.25) is 0 Å². The van der Waals surface area contributed by atoms with Crippen molar-refractivity contribution in [3.63, 3.8) is 0 Å². The highest BCUT2D eigenvalue weighted by Gasteiger charge is 2.30. The summed E-state index contributed by atoms with van der Waals surface area (Å²) in [5, 5.41) is 0. The molecule has 0 aromatic rings. The van der Waals surface area contributed by atoms with Crippen molar-refractivity contribution in [2.24, 2.45) is 0 Å². The second-order valence-electron chi connectivity index (χ2n) is 2.96. The normalized spacial score (nSPS) is 45.5. The van der Waals surface area contributed by atoms with E-state index in [-0.39, 0.29) is 12.2 Å². The van der Waals surface area contributed by atoms with Crippen molar-refractivity contribution in [1.82, 2.24) is 0 Å². The molecule has 5 nitrogen and oxygen atoms in total. The number of hydrogen-bond acceptors (Lipinski definition) is 5. The molecule has 2 aliphatic rings. The van der Waals surface area contributed by atoms with E-state index in [2.05, 4.69) is 0 Å². The predicted octanol–water partition coefficient (Wildman–Crippen LogP) is -0.524. The van der Waals surface area contributed by atoms with E-state index in [9.17, 15) is 8.42 Å². The molecular weight excluding hydrogens is 216 g/mol. The van der Waals surface area contributed by atoms with Gasteiger partial charge in [0, 0.05) is 17.2 Å². The van der Waals surface area contributed by atoms with Gasteiger partial charge in [0.2, 0.25) is 0 Å². The third-order valence-electron chi connectivity index (χ3n) is 1.90. The quantitative estimate of drug-likeness (QED) is 0.634. The van der Waals surface area contributed by atoms with Crippen molar-refractivity contribution < 1.29 is 21.5 Å². The molecule has 0 aromatic heterocycles. The fourth-order valence-corrected chi connectivity index (χ4v) is 3.07. The molecule has 0 spiro atoms. The molecule has 2 heterocycles. The van der Waals surface area contributed by atoms with Gasteiger partial charge in [-0.3, -0.25) is 12.6 Å². The number of rotatable bonds is 2. The van der Waals surface area contributed by atoms with E-state index in [1.165, 1.54) is 0 Å². The summed E-state index contributed by atoms with van der Waals surface area (Å²) in [5.41, 5.74) is 0. The Morgan fingerprint density at radius 2 is 2.15 bits per heavy atom. The minimum Gasteiger partial charge on any atom is -0.364 e. The van der Waals surface area contributed by atoms with Gasteiger partial charge in [0.1, 0.15) is 12.0 Å². The van der Waals surface area contributed by atoms with Crippen LogP contribution in [0.5, 0.6) is 0 Å². The van der Waals surface area contributed by atoms with E-state index in [1.54, 1.807) is 0 Å². The molecule has 0 aliphatic carbocycles. The highest BCUT2D eigenvalue weighted by molar-refractivity contribution is 7.85. The van der Waals surface area contributed by atoms with Crippen LogP contribution in [0.3, 0.4) is 0 Å². The van der Waals surface area contributed by atoms with Gasteiger partial charge >= 0.3 is 11.4 Å². The maximum absolute atomic E-state index is 10.9. The van der Waals surface area contributed by atoms with Crippen molar-refractivity contribution >= 4 is 22.2 Å². The number of ether oxygens (including phenoxy) is 1. The Morgan fingerprint density at radius 1 is 1.31 bits per heavy atom. The van der Waals surface area contributed by atoms with Crippen LogP contribution < -0.4 is 0 Å². The summed E-state index contributed by atoms with van der Waals surface area (Å²) in [6, 6.07) is 0. The zero-order valence-electron chi connectivity index (χ0n) is 6.84. The number of hydrogen-bond donors (Lipinski definition) is 0. The van der Waals surface area contributed by atoms with Crippen LogP contribution in [0.25, 0.3) is 0 Å². The second kappa shape index (κ2) is 4.14. The molecule has 0 bridgehead atoms. The zero-order chi connectivity index (χ0) is 9.26. The summed E-state index contributed by atoms with van der Waals surface area (Å²) >= 11 is -1.59. The van der Waals surface area contributed by atoms with Crippen LogP contribution in [-0.4, -0.2) is 38.9 Å². The second-order valence-corrected chi connectivity index (χ2v) is 5.24. The van der Waals surface area contributed by atoms with E-state index in [0.717, 1.165) is 0 Å². The van der Waals surface area contributed by atoms with Gasteiger partial charge in [-0.15, -0.1) is 0 Å². The highest BCUT2D eigenvalue weighted by Crippen LogP contribution is 2.19. The molecule has 0 aromatic carbocycles. The van der Waals surface area contributed by atoms with Crippen LogP contribution in [0.15, 0.2) is 0 Å². The molecule has 4 unspecified atom stereocenters. The largest absolute Gasteiger partial charge is 0.364 e. The van der Waals surface area contributed by atoms with Crippen LogP contribution in [0.4, 0.5) is 0 Å². The first kappa shape index (κ1) is 9.72. The Balaban J connectivity index is 1.78. The van der Waals surface area contributed by atoms with Gasteiger partial charge in [-0.05, 0) is 0 Å². The van der Waals surface area contributed by atoms with Crippen LogP contribution in [0, 0.1) is 0 Å². The van der Waals surface area contributed by atoms with Crippen molar-refractivity contribution in [2.75, 3.05) is 18.3 Å². The summed E-state index contributed by atoms with van der Waals surface area (Å²) in [7, 11) is -0.856. The summed E-state index contributed by atoms with van der Waals surface area (Å²) in [6.45, 7) is 0.332. The van der Waals surface area contributed by atoms with Gasteiger partial charge in [-0.2, -0.15) is 4.21 Å². The van der Waals surface area contributed by atoms with E-state index >= 15 is 0 Å². The Bertz CT molecular complexity index is 219.